The molecule has 0 aromatic carbocycles. The molecular formula is C20H29ClN8OS. The number of likely N-dealkylation sites (N-methyl/N-ethyl adjacent to an activating group) is 1. The molecule has 1 aliphatic carbocycles. The van der Waals surface area contributed by atoms with Gasteiger partial charge in [-0.25, -0.2) is 0 Å². The Morgan fingerprint density at radius 2 is 1.90 bits per heavy atom. The van der Waals surface area contributed by atoms with Gasteiger partial charge in [-0.05, 0) is 51.4 Å². The molecule has 1 aliphatic heterocycles. The van der Waals surface area contributed by atoms with E-state index in [0.29, 0.717) is 21.3 Å². The van der Waals surface area contributed by atoms with E-state index in [1.54, 1.807) is 6.07 Å². The topological polar surface area (TPSA) is 99.2 Å². The van der Waals surface area contributed by atoms with Crippen LogP contribution in [0, 0.1) is 5.92 Å². The van der Waals surface area contributed by atoms with E-state index in [4.69, 9.17) is 11.6 Å². The molecule has 0 unspecified atom stereocenters. The SMILES string of the molecule is CN(C)[C@@H](C(=O)Nc1nnc(N[C@@H]2CCN(c3ccc(Cl)nn3)C2)s1)C1CCCCC1. The first kappa shape index (κ1) is 22.2. The van der Waals surface area contributed by atoms with E-state index in [1.807, 2.05) is 25.1 Å². The van der Waals surface area contributed by atoms with Crippen molar-refractivity contribution < 1.29 is 4.79 Å². The Labute approximate surface area is 191 Å². The molecular weight excluding hydrogens is 436 g/mol. The van der Waals surface area contributed by atoms with Gasteiger partial charge in [0.1, 0.15) is 0 Å². The predicted molar refractivity (Wildman–Crippen MR) is 124 cm³/mol. The summed E-state index contributed by atoms with van der Waals surface area (Å²) in [5.74, 6) is 1.22. The molecule has 0 bridgehead atoms. The van der Waals surface area contributed by atoms with Crippen LogP contribution < -0.4 is 15.5 Å². The molecule has 0 spiro atoms. The third-order valence-electron chi connectivity index (χ3n) is 6.03. The molecule has 168 valence electrons. The number of hydrogen-bond acceptors (Lipinski definition) is 9. The van der Waals surface area contributed by atoms with Crippen LogP contribution in [0.5, 0.6) is 0 Å². The maximum absolute atomic E-state index is 13.0. The minimum atomic E-state index is -0.135. The van der Waals surface area contributed by atoms with Crippen LogP contribution >= 0.6 is 22.9 Å². The lowest BCUT2D eigenvalue weighted by atomic mass is 9.83. The molecule has 2 atom stereocenters. The lowest BCUT2D eigenvalue weighted by molar-refractivity contribution is -0.122. The molecule has 2 aliphatic rings. The summed E-state index contributed by atoms with van der Waals surface area (Å²) in [4.78, 5) is 17.2. The maximum atomic E-state index is 13.0. The summed E-state index contributed by atoms with van der Waals surface area (Å²) >= 11 is 7.20. The highest BCUT2D eigenvalue weighted by Crippen LogP contribution is 2.30. The zero-order valence-corrected chi connectivity index (χ0v) is 19.5. The van der Waals surface area contributed by atoms with E-state index in [-0.39, 0.29) is 18.0 Å². The maximum Gasteiger partial charge on any atom is 0.243 e. The Kier molecular flexibility index (Phi) is 7.19. The molecule has 4 rings (SSSR count). The smallest absolute Gasteiger partial charge is 0.243 e. The highest BCUT2D eigenvalue weighted by atomic mass is 35.5. The van der Waals surface area contributed by atoms with Gasteiger partial charge in [0.05, 0.1) is 6.04 Å². The Hall–Kier alpha value is -2.04. The fourth-order valence-corrected chi connectivity index (χ4v) is 5.39. The Bertz CT molecular complexity index is 870. The number of anilines is 3. The van der Waals surface area contributed by atoms with Crippen molar-refractivity contribution in [1.82, 2.24) is 25.3 Å². The van der Waals surface area contributed by atoms with E-state index in [9.17, 15) is 4.79 Å². The van der Waals surface area contributed by atoms with E-state index in [1.165, 1.54) is 30.6 Å². The second-order valence-corrected chi connectivity index (χ2v) is 9.86. The van der Waals surface area contributed by atoms with Crippen LogP contribution in [0.3, 0.4) is 0 Å². The average Bonchev–Trinajstić information content (AvgIpc) is 3.39. The number of aromatic nitrogens is 4. The molecule has 11 heteroatoms. The Balaban J connectivity index is 1.32. The number of amides is 1. The molecule has 3 heterocycles. The number of carbonyl (C=O) groups excluding carboxylic acids is 1. The predicted octanol–water partition coefficient (Wildman–Crippen LogP) is 3.12. The van der Waals surface area contributed by atoms with Crippen molar-refractivity contribution in [2.24, 2.45) is 5.92 Å². The fourth-order valence-electron chi connectivity index (χ4n) is 4.57. The summed E-state index contributed by atoms with van der Waals surface area (Å²) < 4.78 is 0. The monoisotopic (exact) mass is 464 g/mol. The average molecular weight is 465 g/mol. The van der Waals surface area contributed by atoms with Crippen LogP contribution in [-0.2, 0) is 4.79 Å². The first-order chi connectivity index (χ1) is 15.0. The van der Waals surface area contributed by atoms with Crippen LogP contribution in [0.1, 0.15) is 38.5 Å². The quantitative estimate of drug-likeness (QED) is 0.644. The van der Waals surface area contributed by atoms with Gasteiger partial charge >= 0.3 is 0 Å². The number of rotatable bonds is 7. The normalized spacial score (nSPS) is 20.8. The summed E-state index contributed by atoms with van der Waals surface area (Å²) in [5.41, 5.74) is 0. The van der Waals surface area contributed by atoms with Gasteiger partial charge in [-0.3, -0.25) is 15.0 Å². The summed E-state index contributed by atoms with van der Waals surface area (Å²) in [7, 11) is 3.95. The third-order valence-corrected chi connectivity index (χ3v) is 7.01. The van der Waals surface area contributed by atoms with Crippen LogP contribution in [0.4, 0.5) is 16.1 Å². The number of carbonyl (C=O) groups is 1. The lowest BCUT2D eigenvalue weighted by Gasteiger charge is -2.33. The van der Waals surface area contributed by atoms with Gasteiger partial charge < -0.3 is 10.2 Å². The summed E-state index contributed by atoms with van der Waals surface area (Å²) in [6, 6.07) is 3.72. The van der Waals surface area contributed by atoms with E-state index in [2.05, 4.69) is 35.9 Å². The van der Waals surface area contributed by atoms with Gasteiger partial charge in [-0.1, -0.05) is 42.2 Å². The molecule has 2 aromatic heterocycles. The highest BCUT2D eigenvalue weighted by Gasteiger charge is 2.32. The van der Waals surface area contributed by atoms with Gasteiger partial charge in [0.2, 0.25) is 16.2 Å². The first-order valence-electron chi connectivity index (χ1n) is 10.8. The molecule has 2 N–H and O–H groups in total. The number of hydrogen-bond donors (Lipinski definition) is 2. The van der Waals surface area contributed by atoms with Gasteiger partial charge in [0, 0.05) is 19.1 Å². The molecule has 2 fully saturated rings. The zero-order valence-electron chi connectivity index (χ0n) is 17.9. The van der Waals surface area contributed by atoms with Crippen LogP contribution in [-0.4, -0.2) is 70.5 Å². The fraction of sp³-hybridized carbons (Fsp3) is 0.650. The number of halogens is 1. The van der Waals surface area contributed by atoms with Crippen molar-refractivity contribution in [3.8, 4) is 0 Å². The van der Waals surface area contributed by atoms with Crippen LogP contribution in [0.25, 0.3) is 0 Å². The largest absolute Gasteiger partial charge is 0.355 e. The Morgan fingerprint density at radius 3 is 2.61 bits per heavy atom. The zero-order chi connectivity index (χ0) is 21.8. The molecule has 1 saturated carbocycles. The first-order valence-corrected chi connectivity index (χ1v) is 12.0. The molecule has 2 aromatic rings. The Morgan fingerprint density at radius 1 is 1.13 bits per heavy atom. The standard InChI is InChI=1S/C20H29ClN8OS/c1-28(2)17(13-6-4-3-5-7-13)18(30)23-20-27-26-19(31-20)22-14-10-11-29(12-14)16-9-8-15(21)24-25-16/h8-9,13-14,17H,3-7,10-12H2,1-2H3,(H,22,26)(H,23,27,30)/t14-,17-/m1/s1. The van der Waals surface area contributed by atoms with Gasteiger partial charge in [0.25, 0.3) is 0 Å². The highest BCUT2D eigenvalue weighted by molar-refractivity contribution is 7.19. The van der Waals surface area contributed by atoms with E-state index >= 15 is 0 Å². The molecule has 31 heavy (non-hydrogen) atoms. The molecule has 1 saturated heterocycles. The summed E-state index contributed by atoms with van der Waals surface area (Å²) in [5, 5.41) is 24.5. The van der Waals surface area contributed by atoms with Crippen molar-refractivity contribution in [2.45, 2.75) is 50.6 Å². The van der Waals surface area contributed by atoms with Crippen LogP contribution in [0.15, 0.2) is 12.1 Å². The van der Waals surface area contributed by atoms with Gasteiger partial charge in [-0.15, -0.1) is 20.4 Å². The second-order valence-electron chi connectivity index (χ2n) is 8.50. The molecule has 0 radical (unpaired) electrons. The summed E-state index contributed by atoms with van der Waals surface area (Å²) in [6.45, 7) is 1.67. The minimum Gasteiger partial charge on any atom is -0.355 e. The van der Waals surface area contributed by atoms with Crippen molar-refractivity contribution in [1.29, 1.82) is 0 Å². The number of nitrogens with one attached hydrogen (secondary N) is 2. The molecule has 1 amide bonds. The van der Waals surface area contributed by atoms with Crippen molar-refractivity contribution in [3.05, 3.63) is 17.3 Å². The minimum absolute atomic E-state index is 0.00737. The number of nitrogens with zero attached hydrogens (tertiary/aromatic N) is 6. The van der Waals surface area contributed by atoms with Gasteiger partial charge in [0.15, 0.2) is 11.0 Å². The van der Waals surface area contributed by atoms with E-state index < -0.39 is 0 Å². The van der Waals surface area contributed by atoms with Crippen molar-refractivity contribution in [3.63, 3.8) is 0 Å². The lowest BCUT2D eigenvalue weighted by Crippen LogP contribution is -2.45. The van der Waals surface area contributed by atoms with Gasteiger partial charge in [-0.2, -0.15) is 0 Å². The third kappa shape index (κ3) is 5.61. The van der Waals surface area contributed by atoms with Crippen molar-refractivity contribution in [2.75, 3.05) is 42.7 Å². The summed E-state index contributed by atoms with van der Waals surface area (Å²) in [6.07, 6.45) is 6.85. The molecule has 9 nitrogen and oxygen atoms in total. The van der Waals surface area contributed by atoms with Crippen molar-refractivity contribution >= 4 is 44.9 Å². The van der Waals surface area contributed by atoms with E-state index in [0.717, 1.165) is 38.2 Å². The second kappa shape index (κ2) is 10.1. The van der Waals surface area contributed by atoms with Crippen LogP contribution in [0.2, 0.25) is 5.15 Å².